The molecular formula is C20H21ClF3N5O2. The lowest BCUT2D eigenvalue weighted by atomic mass is 9.91. The summed E-state index contributed by atoms with van der Waals surface area (Å²) in [6.07, 6.45) is -1.36. The van der Waals surface area contributed by atoms with Crippen molar-refractivity contribution in [1.82, 2.24) is 24.0 Å². The highest BCUT2D eigenvalue weighted by Crippen LogP contribution is 2.32. The van der Waals surface area contributed by atoms with E-state index >= 15 is 0 Å². The Morgan fingerprint density at radius 1 is 1.19 bits per heavy atom. The van der Waals surface area contributed by atoms with Crippen LogP contribution in [0.4, 0.5) is 18.0 Å². The number of imidazole rings is 1. The predicted molar refractivity (Wildman–Crippen MR) is 111 cm³/mol. The van der Waals surface area contributed by atoms with Gasteiger partial charge in [-0.05, 0) is 24.1 Å². The van der Waals surface area contributed by atoms with Gasteiger partial charge in [0, 0.05) is 32.5 Å². The van der Waals surface area contributed by atoms with Gasteiger partial charge in [-0.1, -0.05) is 19.1 Å². The molecule has 11 heteroatoms. The van der Waals surface area contributed by atoms with Crippen molar-refractivity contribution >= 4 is 29.6 Å². The van der Waals surface area contributed by atoms with E-state index in [2.05, 4.69) is 9.97 Å². The van der Waals surface area contributed by atoms with Gasteiger partial charge in [-0.15, -0.1) is 12.4 Å². The standard InChI is InChI=1S/C20H20F3N5O2.ClH/c1-3-4-16-24-9-15-17(25-16)26(2)18(29)28(15)19(30)27-10-13(11-27)12-5-7-14(8-6-12)20(21,22)23;/h5-9,13H,3-4,10-11H2,1-2H3;1H. The zero-order valence-electron chi connectivity index (χ0n) is 16.9. The summed E-state index contributed by atoms with van der Waals surface area (Å²) in [5.41, 5.74) is 0.251. The second-order valence-corrected chi connectivity index (χ2v) is 7.43. The molecule has 1 aliphatic heterocycles. The molecular weight excluding hydrogens is 435 g/mol. The van der Waals surface area contributed by atoms with E-state index in [0.29, 0.717) is 36.5 Å². The third-order valence-electron chi connectivity index (χ3n) is 5.36. The van der Waals surface area contributed by atoms with Crippen LogP contribution in [0.5, 0.6) is 0 Å². The molecule has 2 aromatic heterocycles. The number of amides is 1. The van der Waals surface area contributed by atoms with Crippen LogP contribution < -0.4 is 5.69 Å². The third-order valence-corrected chi connectivity index (χ3v) is 5.36. The van der Waals surface area contributed by atoms with E-state index in [1.807, 2.05) is 6.92 Å². The molecule has 0 N–H and O–H groups in total. The summed E-state index contributed by atoms with van der Waals surface area (Å²) >= 11 is 0. The summed E-state index contributed by atoms with van der Waals surface area (Å²) < 4.78 is 40.5. The van der Waals surface area contributed by atoms with Crippen molar-refractivity contribution in [2.75, 3.05) is 13.1 Å². The van der Waals surface area contributed by atoms with Crippen molar-refractivity contribution in [2.24, 2.45) is 7.05 Å². The van der Waals surface area contributed by atoms with Crippen molar-refractivity contribution in [1.29, 1.82) is 0 Å². The molecule has 31 heavy (non-hydrogen) atoms. The van der Waals surface area contributed by atoms with Crippen LogP contribution in [-0.4, -0.2) is 43.1 Å². The summed E-state index contributed by atoms with van der Waals surface area (Å²) in [5, 5.41) is 0. The minimum atomic E-state index is -4.38. The van der Waals surface area contributed by atoms with Gasteiger partial charge in [0.2, 0.25) is 0 Å². The quantitative estimate of drug-likeness (QED) is 0.605. The minimum Gasteiger partial charge on any atom is -0.323 e. The predicted octanol–water partition coefficient (Wildman–Crippen LogP) is 3.59. The van der Waals surface area contributed by atoms with E-state index in [1.165, 1.54) is 27.8 Å². The molecule has 3 heterocycles. The number of hydrogen-bond acceptors (Lipinski definition) is 4. The number of likely N-dealkylation sites (tertiary alicyclic amines) is 1. The normalized spacial score (nSPS) is 14.4. The molecule has 166 valence electrons. The van der Waals surface area contributed by atoms with E-state index in [4.69, 9.17) is 0 Å². The molecule has 1 amide bonds. The number of benzene rings is 1. The lowest BCUT2D eigenvalue weighted by Crippen LogP contribution is -2.52. The first kappa shape index (κ1) is 22.8. The van der Waals surface area contributed by atoms with Gasteiger partial charge in [-0.25, -0.2) is 24.1 Å². The van der Waals surface area contributed by atoms with Crippen LogP contribution in [0.3, 0.4) is 0 Å². The summed E-state index contributed by atoms with van der Waals surface area (Å²) in [7, 11) is 1.55. The van der Waals surface area contributed by atoms with Gasteiger partial charge in [0.15, 0.2) is 5.65 Å². The fourth-order valence-corrected chi connectivity index (χ4v) is 3.61. The summed E-state index contributed by atoms with van der Waals surface area (Å²) in [6, 6.07) is 4.46. The first-order chi connectivity index (χ1) is 14.2. The lowest BCUT2D eigenvalue weighted by molar-refractivity contribution is -0.137. The molecule has 0 spiro atoms. The van der Waals surface area contributed by atoms with Gasteiger partial charge >= 0.3 is 17.9 Å². The van der Waals surface area contributed by atoms with Gasteiger partial charge in [0.1, 0.15) is 11.3 Å². The number of hydrogen-bond donors (Lipinski definition) is 0. The molecule has 0 unspecified atom stereocenters. The molecule has 1 saturated heterocycles. The molecule has 0 radical (unpaired) electrons. The van der Waals surface area contributed by atoms with Gasteiger partial charge in [-0.3, -0.25) is 4.57 Å². The number of alkyl halides is 3. The summed E-state index contributed by atoms with van der Waals surface area (Å²) in [5.74, 6) is 0.533. The van der Waals surface area contributed by atoms with Crippen LogP contribution in [0, 0.1) is 0 Å². The Kier molecular flexibility index (Phi) is 6.13. The molecule has 1 aliphatic rings. The van der Waals surface area contributed by atoms with E-state index < -0.39 is 23.5 Å². The van der Waals surface area contributed by atoms with Crippen LogP contribution in [-0.2, 0) is 19.6 Å². The molecule has 1 aromatic carbocycles. The van der Waals surface area contributed by atoms with Crippen molar-refractivity contribution in [3.05, 3.63) is 57.9 Å². The van der Waals surface area contributed by atoms with Gasteiger partial charge in [0.05, 0.1) is 11.8 Å². The van der Waals surface area contributed by atoms with Crippen molar-refractivity contribution in [3.8, 4) is 0 Å². The average Bonchev–Trinajstić information content (AvgIpc) is 2.91. The number of rotatable bonds is 3. The van der Waals surface area contributed by atoms with E-state index in [-0.39, 0.29) is 18.3 Å². The smallest absolute Gasteiger partial charge is 0.323 e. The molecule has 0 aliphatic carbocycles. The third kappa shape index (κ3) is 4.04. The number of carbonyl (C=O) groups excluding carboxylic acids is 1. The zero-order chi connectivity index (χ0) is 21.6. The zero-order valence-corrected chi connectivity index (χ0v) is 17.7. The first-order valence-electron chi connectivity index (χ1n) is 9.60. The van der Waals surface area contributed by atoms with Crippen molar-refractivity contribution < 1.29 is 18.0 Å². The number of nitrogens with zero attached hydrogens (tertiary/aromatic N) is 5. The van der Waals surface area contributed by atoms with E-state index in [1.54, 1.807) is 7.05 Å². The highest BCUT2D eigenvalue weighted by molar-refractivity contribution is 5.88. The molecule has 1 fully saturated rings. The monoisotopic (exact) mass is 455 g/mol. The van der Waals surface area contributed by atoms with E-state index in [0.717, 1.165) is 28.7 Å². The molecule has 0 atom stereocenters. The highest BCUT2D eigenvalue weighted by atomic mass is 35.5. The topological polar surface area (TPSA) is 73.0 Å². The SMILES string of the molecule is CCCc1ncc2c(n1)n(C)c(=O)n2C(=O)N1CC(c2ccc(C(F)(F)F)cc2)C1.Cl. The number of aryl methyl sites for hydroxylation is 2. The summed E-state index contributed by atoms with van der Waals surface area (Å²) in [4.78, 5) is 35.7. The van der Waals surface area contributed by atoms with Crippen molar-refractivity contribution in [3.63, 3.8) is 0 Å². The fraction of sp³-hybridized carbons (Fsp3) is 0.400. The maximum Gasteiger partial charge on any atom is 0.416 e. The number of carbonyl (C=O) groups is 1. The Labute approximate surface area is 181 Å². The molecule has 7 nitrogen and oxygen atoms in total. The second-order valence-electron chi connectivity index (χ2n) is 7.43. The molecule has 0 saturated carbocycles. The number of aromatic nitrogens is 4. The average molecular weight is 456 g/mol. The van der Waals surface area contributed by atoms with E-state index in [9.17, 15) is 22.8 Å². The van der Waals surface area contributed by atoms with Crippen LogP contribution in [0.15, 0.2) is 35.3 Å². The Morgan fingerprint density at radius 3 is 2.42 bits per heavy atom. The Hall–Kier alpha value is -2.88. The van der Waals surface area contributed by atoms with Crippen molar-refractivity contribution in [2.45, 2.75) is 31.9 Å². The second kappa shape index (κ2) is 8.33. The first-order valence-corrected chi connectivity index (χ1v) is 9.60. The van der Waals surface area contributed by atoms with Gasteiger partial charge in [0.25, 0.3) is 0 Å². The molecule has 4 rings (SSSR count). The summed E-state index contributed by atoms with van der Waals surface area (Å²) in [6.45, 7) is 2.64. The van der Waals surface area contributed by atoms with Crippen LogP contribution >= 0.6 is 12.4 Å². The van der Waals surface area contributed by atoms with Crippen LogP contribution in [0.2, 0.25) is 0 Å². The highest BCUT2D eigenvalue weighted by Gasteiger charge is 2.35. The maximum atomic E-state index is 12.9. The largest absolute Gasteiger partial charge is 0.416 e. The number of halogens is 4. The van der Waals surface area contributed by atoms with Gasteiger partial charge in [-0.2, -0.15) is 13.2 Å². The minimum absolute atomic E-state index is 0. The molecule has 0 bridgehead atoms. The number of fused-ring (bicyclic) bond motifs is 1. The Morgan fingerprint density at radius 2 is 1.84 bits per heavy atom. The Balaban J connectivity index is 0.00000272. The van der Waals surface area contributed by atoms with Gasteiger partial charge < -0.3 is 4.90 Å². The van der Waals surface area contributed by atoms with Crippen LogP contribution in [0.1, 0.15) is 36.2 Å². The maximum absolute atomic E-state index is 12.9. The molecule has 3 aromatic rings. The fourth-order valence-electron chi connectivity index (χ4n) is 3.61. The van der Waals surface area contributed by atoms with Crippen LogP contribution in [0.25, 0.3) is 11.2 Å². The Bertz CT molecular complexity index is 1160. The lowest BCUT2D eigenvalue weighted by Gasteiger charge is -2.39.